The standard InChI is InChI=1S/C22H24N4O2/c1-2-16-11-13-18(14-12-16)23-22(27)26-15-7-6-10-19(26)21-24-20(25-28-21)17-8-4-3-5-9-17/h3-5,8-9,11-14,19H,2,6-7,10,15H2,1H3,(H,23,27)/t19-/m0/s1. The van der Waals surface area contributed by atoms with Gasteiger partial charge in [0.15, 0.2) is 0 Å². The van der Waals surface area contributed by atoms with Crippen molar-refractivity contribution < 1.29 is 9.32 Å². The Morgan fingerprint density at radius 2 is 1.93 bits per heavy atom. The molecule has 1 N–H and O–H groups in total. The number of hydrogen-bond acceptors (Lipinski definition) is 4. The Balaban J connectivity index is 1.51. The number of amides is 2. The van der Waals surface area contributed by atoms with Gasteiger partial charge in [-0.3, -0.25) is 0 Å². The molecular formula is C22H24N4O2. The maximum absolute atomic E-state index is 12.9. The number of hydrogen-bond donors (Lipinski definition) is 1. The lowest BCUT2D eigenvalue weighted by Gasteiger charge is -2.33. The molecule has 1 fully saturated rings. The van der Waals surface area contributed by atoms with Crippen LogP contribution in [0.15, 0.2) is 59.1 Å². The Labute approximate surface area is 164 Å². The fourth-order valence-electron chi connectivity index (χ4n) is 3.53. The summed E-state index contributed by atoms with van der Waals surface area (Å²) in [5, 5.41) is 7.11. The predicted octanol–water partition coefficient (Wildman–Crippen LogP) is 5.06. The van der Waals surface area contributed by atoms with Crippen molar-refractivity contribution in [3.63, 3.8) is 0 Å². The Bertz CT molecular complexity index is 921. The molecule has 2 heterocycles. The first-order valence-corrected chi connectivity index (χ1v) is 9.80. The SMILES string of the molecule is CCc1ccc(NC(=O)N2CCCC[C@H]2c2nc(-c3ccccc3)no2)cc1. The van der Waals surface area contributed by atoms with Crippen molar-refractivity contribution in [3.05, 3.63) is 66.1 Å². The fraction of sp³-hybridized carbons (Fsp3) is 0.318. The van der Waals surface area contributed by atoms with Crippen LogP contribution in [0.2, 0.25) is 0 Å². The topological polar surface area (TPSA) is 71.3 Å². The number of likely N-dealkylation sites (tertiary alicyclic amines) is 1. The van der Waals surface area contributed by atoms with Crippen molar-refractivity contribution >= 4 is 11.7 Å². The molecule has 0 aliphatic carbocycles. The van der Waals surface area contributed by atoms with Gasteiger partial charge >= 0.3 is 6.03 Å². The number of rotatable bonds is 4. The van der Waals surface area contributed by atoms with E-state index in [0.29, 0.717) is 18.3 Å². The quantitative estimate of drug-likeness (QED) is 0.691. The second-order valence-electron chi connectivity index (χ2n) is 7.01. The van der Waals surface area contributed by atoms with E-state index in [1.807, 2.05) is 54.6 Å². The molecule has 1 atom stereocenters. The molecule has 6 heteroatoms. The summed E-state index contributed by atoms with van der Waals surface area (Å²) in [6.45, 7) is 2.78. The Morgan fingerprint density at radius 3 is 2.68 bits per heavy atom. The molecule has 0 bridgehead atoms. The molecule has 0 unspecified atom stereocenters. The molecule has 4 rings (SSSR count). The van der Waals surface area contributed by atoms with Crippen LogP contribution in [0.25, 0.3) is 11.4 Å². The van der Waals surface area contributed by atoms with Crippen LogP contribution in [0.3, 0.4) is 0 Å². The molecule has 0 saturated carbocycles. The average Bonchev–Trinajstić information content (AvgIpc) is 3.25. The summed E-state index contributed by atoms with van der Waals surface area (Å²) < 4.78 is 5.54. The molecule has 2 amide bonds. The normalized spacial score (nSPS) is 16.8. The van der Waals surface area contributed by atoms with Gasteiger partial charge in [-0.05, 0) is 43.4 Å². The van der Waals surface area contributed by atoms with Crippen LogP contribution in [0, 0.1) is 0 Å². The summed E-state index contributed by atoms with van der Waals surface area (Å²) in [5.41, 5.74) is 2.94. The number of nitrogens with one attached hydrogen (secondary N) is 1. The van der Waals surface area contributed by atoms with Gasteiger partial charge in [0.25, 0.3) is 0 Å². The van der Waals surface area contributed by atoms with Gasteiger partial charge in [-0.1, -0.05) is 54.5 Å². The zero-order valence-corrected chi connectivity index (χ0v) is 16.0. The molecule has 6 nitrogen and oxygen atoms in total. The molecule has 0 spiro atoms. The minimum Gasteiger partial charge on any atom is -0.337 e. The summed E-state index contributed by atoms with van der Waals surface area (Å²) in [5.74, 6) is 1.05. The van der Waals surface area contributed by atoms with Crippen LogP contribution in [-0.4, -0.2) is 27.6 Å². The lowest BCUT2D eigenvalue weighted by Crippen LogP contribution is -2.41. The van der Waals surface area contributed by atoms with Crippen molar-refractivity contribution in [3.8, 4) is 11.4 Å². The number of carbonyl (C=O) groups excluding carboxylic acids is 1. The van der Waals surface area contributed by atoms with Gasteiger partial charge in [0.1, 0.15) is 6.04 Å². The second-order valence-corrected chi connectivity index (χ2v) is 7.01. The highest BCUT2D eigenvalue weighted by atomic mass is 16.5. The molecular weight excluding hydrogens is 352 g/mol. The summed E-state index contributed by atoms with van der Waals surface area (Å²) in [6, 6.07) is 17.3. The molecule has 2 aromatic carbocycles. The number of piperidine rings is 1. The van der Waals surface area contributed by atoms with E-state index < -0.39 is 0 Å². The van der Waals surface area contributed by atoms with Gasteiger partial charge in [0.2, 0.25) is 11.7 Å². The lowest BCUT2D eigenvalue weighted by atomic mass is 10.0. The van der Waals surface area contributed by atoms with Crippen molar-refractivity contribution in [2.75, 3.05) is 11.9 Å². The Hall–Kier alpha value is -3.15. The molecule has 28 heavy (non-hydrogen) atoms. The number of urea groups is 1. The monoisotopic (exact) mass is 376 g/mol. The minimum atomic E-state index is -0.200. The van der Waals surface area contributed by atoms with E-state index in [1.165, 1.54) is 5.56 Å². The zero-order valence-electron chi connectivity index (χ0n) is 16.0. The second kappa shape index (κ2) is 8.25. The van der Waals surface area contributed by atoms with Crippen molar-refractivity contribution in [2.45, 2.75) is 38.6 Å². The van der Waals surface area contributed by atoms with Crippen molar-refractivity contribution in [1.29, 1.82) is 0 Å². The number of nitrogens with zero attached hydrogens (tertiary/aromatic N) is 3. The van der Waals surface area contributed by atoms with E-state index in [1.54, 1.807) is 4.90 Å². The maximum atomic E-state index is 12.9. The fourth-order valence-corrected chi connectivity index (χ4v) is 3.53. The van der Waals surface area contributed by atoms with Gasteiger partial charge in [0.05, 0.1) is 0 Å². The van der Waals surface area contributed by atoms with Crippen LogP contribution in [0.5, 0.6) is 0 Å². The molecule has 3 aromatic rings. The van der Waals surface area contributed by atoms with Gasteiger partial charge in [0, 0.05) is 17.8 Å². The van der Waals surface area contributed by atoms with E-state index in [4.69, 9.17) is 4.52 Å². The van der Waals surface area contributed by atoms with E-state index in [-0.39, 0.29) is 12.1 Å². The van der Waals surface area contributed by atoms with Gasteiger partial charge in [-0.25, -0.2) is 4.79 Å². The van der Waals surface area contributed by atoms with Gasteiger partial charge in [-0.2, -0.15) is 4.98 Å². The third kappa shape index (κ3) is 3.91. The first-order chi connectivity index (χ1) is 13.7. The summed E-state index contributed by atoms with van der Waals surface area (Å²) >= 11 is 0. The molecule has 1 aliphatic rings. The third-order valence-corrected chi connectivity index (χ3v) is 5.14. The number of carbonyl (C=O) groups is 1. The van der Waals surface area contributed by atoms with Crippen molar-refractivity contribution in [1.82, 2.24) is 15.0 Å². The summed E-state index contributed by atoms with van der Waals surface area (Å²) in [4.78, 5) is 19.3. The van der Waals surface area contributed by atoms with E-state index >= 15 is 0 Å². The number of benzene rings is 2. The molecule has 0 radical (unpaired) electrons. The van der Waals surface area contributed by atoms with Gasteiger partial charge in [-0.15, -0.1) is 0 Å². The predicted molar refractivity (Wildman–Crippen MR) is 108 cm³/mol. The van der Waals surface area contributed by atoms with Crippen LogP contribution in [0.1, 0.15) is 43.7 Å². The average molecular weight is 376 g/mol. The zero-order chi connectivity index (χ0) is 19.3. The first kappa shape index (κ1) is 18.2. The van der Waals surface area contributed by atoms with Crippen LogP contribution >= 0.6 is 0 Å². The number of aromatic nitrogens is 2. The molecule has 1 aromatic heterocycles. The van der Waals surface area contributed by atoms with Crippen LogP contribution < -0.4 is 5.32 Å². The largest absolute Gasteiger partial charge is 0.337 e. The Morgan fingerprint density at radius 1 is 1.14 bits per heavy atom. The van der Waals surface area contributed by atoms with E-state index in [9.17, 15) is 4.79 Å². The van der Waals surface area contributed by atoms with E-state index in [0.717, 1.165) is 36.9 Å². The van der Waals surface area contributed by atoms with E-state index in [2.05, 4.69) is 22.4 Å². The highest BCUT2D eigenvalue weighted by Gasteiger charge is 2.32. The molecule has 1 aliphatic heterocycles. The van der Waals surface area contributed by atoms with Crippen LogP contribution in [-0.2, 0) is 6.42 Å². The third-order valence-electron chi connectivity index (χ3n) is 5.14. The highest BCUT2D eigenvalue weighted by Crippen LogP contribution is 2.31. The first-order valence-electron chi connectivity index (χ1n) is 9.80. The smallest absolute Gasteiger partial charge is 0.322 e. The molecule has 1 saturated heterocycles. The lowest BCUT2D eigenvalue weighted by molar-refractivity contribution is 0.142. The summed E-state index contributed by atoms with van der Waals surface area (Å²) in [6.07, 6.45) is 3.79. The maximum Gasteiger partial charge on any atom is 0.322 e. The minimum absolute atomic E-state index is 0.131. The van der Waals surface area contributed by atoms with Crippen molar-refractivity contribution in [2.24, 2.45) is 0 Å². The summed E-state index contributed by atoms with van der Waals surface area (Å²) in [7, 11) is 0. The van der Waals surface area contributed by atoms with Crippen LogP contribution in [0.4, 0.5) is 10.5 Å². The number of aryl methyl sites for hydroxylation is 1. The molecule has 144 valence electrons. The number of anilines is 1. The van der Waals surface area contributed by atoms with Gasteiger partial charge < -0.3 is 14.7 Å². The Kier molecular flexibility index (Phi) is 5.37. The highest BCUT2D eigenvalue weighted by molar-refractivity contribution is 5.89.